The van der Waals surface area contributed by atoms with Crippen LogP contribution < -0.4 is 0 Å². The summed E-state index contributed by atoms with van der Waals surface area (Å²) in [6.07, 6.45) is 0.693. The molecule has 0 aliphatic carbocycles. The first-order chi connectivity index (χ1) is 4.25. The van der Waals surface area contributed by atoms with Crippen molar-refractivity contribution < 1.29 is 4.79 Å². The van der Waals surface area contributed by atoms with Crippen LogP contribution in [0.15, 0.2) is 5.38 Å². The summed E-state index contributed by atoms with van der Waals surface area (Å²) in [5.74, 6) is 0. The molecule has 0 saturated carbocycles. The van der Waals surface area contributed by atoms with Crippen molar-refractivity contribution in [3.63, 3.8) is 0 Å². The molecule has 0 fully saturated rings. The maximum atomic E-state index is 10.1. The fourth-order valence-corrected chi connectivity index (χ4v) is 1.62. The van der Waals surface area contributed by atoms with Crippen LogP contribution in [0.3, 0.4) is 0 Å². The van der Waals surface area contributed by atoms with Crippen LogP contribution in [0.4, 0.5) is 0 Å². The van der Waals surface area contributed by atoms with E-state index in [1.165, 1.54) is 11.3 Å². The molecule has 0 atom stereocenters. The zero-order valence-corrected chi connectivity index (χ0v) is 6.56. The molecule has 0 aromatic carbocycles. The predicted molar refractivity (Wildman–Crippen MR) is 39.7 cm³/mol. The molecule has 1 aromatic heterocycles. The Kier molecular flexibility index (Phi) is 2.11. The number of thiophene rings is 1. The summed E-state index contributed by atoms with van der Waals surface area (Å²) < 4.78 is 0. The van der Waals surface area contributed by atoms with Gasteiger partial charge in [0.1, 0.15) is 0 Å². The summed E-state index contributed by atoms with van der Waals surface area (Å²) in [6, 6.07) is 0. The van der Waals surface area contributed by atoms with E-state index in [4.69, 9.17) is 23.2 Å². The van der Waals surface area contributed by atoms with E-state index in [2.05, 4.69) is 0 Å². The van der Waals surface area contributed by atoms with Gasteiger partial charge in [-0.25, -0.2) is 0 Å². The summed E-state index contributed by atoms with van der Waals surface area (Å²) in [5.41, 5.74) is 0. The standard InChI is InChI=1S/C5H2Cl2OS/c6-3-2-9-4(1-8)5(3)7/h1-2H. The highest BCUT2D eigenvalue weighted by Crippen LogP contribution is 2.29. The molecule has 0 saturated heterocycles. The van der Waals surface area contributed by atoms with E-state index in [-0.39, 0.29) is 0 Å². The van der Waals surface area contributed by atoms with Gasteiger partial charge in [-0.3, -0.25) is 4.79 Å². The minimum absolute atomic E-state index is 0.358. The molecule has 0 radical (unpaired) electrons. The Morgan fingerprint density at radius 2 is 2.22 bits per heavy atom. The number of rotatable bonds is 1. The van der Waals surface area contributed by atoms with Gasteiger partial charge < -0.3 is 0 Å². The Balaban J connectivity index is 3.18. The molecular weight excluding hydrogens is 179 g/mol. The van der Waals surface area contributed by atoms with E-state index in [1.54, 1.807) is 5.38 Å². The van der Waals surface area contributed by atoms with Crippen LogP contribution in [0.1, 0.15) is 9.67 Å². The maximum Gasteiger partial charge on any atom is 0.161 e. The van der Waals surface area contributed by atoms with Gasteiger partial charge in [0.15, 0.2) is 6.29 Å². The fraction of sp³-hybridized carbons (Fsp3) is 0. The minimum Gasteiger partial charge on any atom is -0.297 e. The van der Waals surface area contributed by atoms with Crippen molar-refractivity contribution in [2.45, 2.75) is 0 Å². The van der Waals surface area contributed by atoms with Gasteiger partial charge >= 0.3 is 0 Å². The van der Waals surface area contributed by atoms with Crippen LogP contribution >= 0.6 is 34.5 Å². The van der Waals surface area contributed by atoms with E-state index in [0.29, 0.717) is 21.2 Å². The highest BCUT2D eigenvalue weighted by atomic mass is 35.5. The van der Waals surface area contributed by atoms with Crippen molar-refractivity contribution in [2.75, 3.05) is 0 Å². The number of hydrogen-bond acceptors (Lipinski definition) is 2. The topological polar surface area (TPSA) is 17.1 Å². The highest BCUT2D eigenvalue weighted by Gasteiger charge is 2.04. The number of carbonyl (C=O) groups excluding carboxylic acids is 1. The third-order valence-corrected chi connectivity index (χ3v) is 2.77. The first kappa shape index (κ1) is 7.06. The molecule has 0 aliphatic rings. The van der Waals surface area contributed by atoms with E-state index in [0.717, 1.165) is 0 Å². The third kappa shape index (κ3) is 1.26. The molecule has 4 heteroatoms. The molecule has 0 N–H and O–H groups in total. The molecule has 1 nitrogen and oxygen atoms in total. The third-order valence-electron chi connectivity index (χ3n) is 0.822. The first-order valence-electron chi connectivity index (χ1n) is 2.13. The second-order valence-electron chi connectivity index (χ2n) is 1.38. The Hall–Kier alpha value is -0.0500. The summed E-state index contributed by atoms with van der Waals surface area (Å²) in [6.45, 7) is 0. The van der Waals surface area contributed by atoms with Crippen LogP contribution in [-0.2, 0) is 0 Å². The van der Waals surface area contributed by atoms with Gasteiger partial charge in [0, 0.05) is 5.38 Å². The zero-order valence-electron chi connectivity index (χ0n) is 4.23. The normalized spacial score (nSPS) is 9.56. The minimum atomic E-state index is 0.358. The van der Waals surface area contributed by atoms with Gasteiger partial charge in [0.2, 0.25) is 0 Å². The van der Waals surface area contributed by atoms with Gasteiger partial charge in [0.25, 0.3) is 0 Å². The van der Waals surface area contributed by atoms with Crippen LogP contribution in [-0.4, -0.2) is 6.29 Å². The number of carbonyl (C=O) groups is 1. The van der Waals surface area contributed by atoms with Gasteiger partial charge in [-0.1, -0.05) is 23.2 Å². The monoisotopic (exact) mass is 180 g/mol. The lowest BCUT2D eigenvalue weighted by molar-refractivity contribution is 0.112. The Morgan fingerprint density at radius 1 is 1.56 bits per heavy atom. The summed E-state index contributed by atoms with van der Waals surface area (Å²) in [5, 5.41) is 2.44. The predicted octanol–water partition coefficient (Wildman–Crippen LogP) is 2.87. The zero-order chi connectivity index (χ0) is 6.85. The van der Waals surface area contributed by atoms with E-state index >= 15 is 0 Å². The molecule has 48 valence electrons. The summed E-state index contributed by atoms with van der Waals surface area (Å²) in [4.78, 5) is 10.6. The Bertz CT molecular complexity index is 231. The van der Waals surface area contributed by atoms with Crippen molar-refractivity contribution in [2.24, 2.45) is 0 Å². The fourth-order valence-electron chi connectivity index (χ4n) is 0.416. The van der Waals surface area contributed by atoms with Gasteiger partial charge in [0.05, 0.1) is 14.9 Å². The summed E-state index contributed by atoms with van der Waals surface area (Å²) >= 11 is 12.3. The van der Waals surface area contributed by atoms with Crippen molar-refractivity contribution in [1.29, 1.82) is 0 Å². The Morgan fingerprint density at radius 3 is 2.44 bits per heavy atom. The maximum absolute atomic E-state index is 10.1. The molecular formula is C5H2Cl2OS. The second kappa shape index (κ2) is 2.69. The number of aldehydes is 1. The van der Waals surface area contributed by atoms with Crippen LogP contribution in [0.2, 0.25) is 10.0 Å². The highest BCUT2D eigenvalue weighted by molar-refractivity contribution is 7.13. The smallest absolute Gasteiger partial charge is 0.161 e. The molecule has 0 unspecified atom stereocenters. The van der Waals surface area contributed by atoms with Crippen molar-refractivity contribution >= 4 is 40.8 Å². The van der Waals surface area contributed by atoms with Crippen molar-refractivity contribution in [3.8, 4) is 0 Å². The largest absolute Gasteiger partial charge is 0.297 e. The van der Waals surface area contributed by atoms with Gasteiger partial charge in [-0.2, -0.15) is 0 Å². The average molecular weight is 181 g/mol. The van der Waals surface area contributed by atoms with E-state index < -0.39 is 0 Å². The first-order valence-corrected chi connectivity index (χ1v) is 3.77. The second-order valence-corrected chi connectivity index (χ2v) is 3.08. The lowest BCUT2D eigenvalue weighted by Crippen LogP contribution is -1.68. The molecule has 0 aliphatic heterocycles. The molecule has 1 heterocycles. The number of hydrogen-bond donors (Lipinski definition) is 0. The Labute approximate surface area is 66.2 Å². The van der Waals surface area contributed by atoms with E-state index in [1.807, 2.05) is 0 Å². The van der Waals surface area contributed by atoms with Crippen LogP contribution in [0.5, 0.6) is 0 Å². The average Bonchev–Trinajstić information content (AvgIpc) is 2.15. The van der Waals surface area contributed by atoms with Crippen molar-refractivity contribution in [3.05, 3.63) is 20.3 Å². The van der Waals surface area contributed by atoms with Crippen LogP contribution in [0, 0.1) is 0 Å². The number of halogens is 2. The SMILES string of the molecule is O=Cc1scc(Cl)c1Cl. The molecule has 0 amide bonds. The van der Waals surface area contributed by atoms with Gasteiger partial charge in [-0.05, 0) is 0 Å². The molecule has 1 aromatic rings. The van der Waals surface area contributed by atoms with Gasteiger partial charge in [-0.15, -0.1) is 11.3 Å². The lowest BCUT2D eigenvalue weighted by atomic mass is 10.5. The molecule has 0 bridgehead atoms. The van der Waals surface area contributed by atoms with E-state index in [9.17, 15) is 4.79 Å². The molecule has 9 heavy (non-hydrogen) atoms. The van der Waals surface area contributed by atoms with Crippen molar-refractivity contribution in [1.82, 2.24) is 0 Å². The lowest BCUT2D eigenvalue weighted by Gasteiger charge is -1.80. The summed E-state index contributed by atoms with van der Waals surface area (Å²) in [7, 11) is 0. The van der Waals surface area contributed by atoms with Crippen LogP contribution in [0.25, 0.3) is 0 Å². The molecule has 1 rings (SSSR count). The quantitative estimate of drug-likeness (QED) is 0.608. The molecule has 0 spiro atoms.